The number of rotatable bonds is 2. The number of oxime groups is 1. The van der Waals surface area contributed by atoms with Crippen LogP contribution in [0.4, 0.5) is 0 Å². The molecule has 0 spiro atoms. The molecule has 0 heterocycles. The molecule has 0 saturated heterocycles. The summed E-state index contributed by atoms with van der Waals surface area (Å²) in [7, 11) is 4.10. The summed E-state index contributed by atoms with van der Waals surface area (Å²) in [5.41, 5.74) is 0.985. The van der Waals surface area contributed by atoms with Crippen molar-refractivity contribution in [3.8, 4) is 0 Å². The maximum absolute atomic E-state index is 8.62. The quantitative estimate of drug-likeness (QED) is 0.481. The highest BCUT2D eigenvalue weighted by Crippen LogP contribution is 2.22. The van der Waals surface area contributed by atoms with Crippen LogP contribution in [0, 0.1) is 5.92 Å². The van der Waals surface area contributed by atoms with Crippen LogP contribution in [-0.2, 0) is 0 Å². The van der Waals surface area contributed by atoms with E-state index >= 15 is 0 Å². The van der Waals surface area contributed by atoms with Crippen molar-refractivity contribution in [1.29, 1.82) is 0 Å². The molecule has 1 aliphatic rings. The van der Waals surface area contributed by atoms with Gasteiger partial charge in [-0.2, -0.15) is 0 Å². The van der Waals surface area contributed by atoms with Gasteiger partial charge in [0.25, 0.3) is 0 Å². The van der Waals surface area contributed by atoms with E-state index in [1.165, 1.54) is 12.8 Å². The minimum atomic E-state index is 0.495. The third-order valence-electron chi connectivity index (χ3n) is 2.17. The van der Waals surface area contributed by atoms with Crippen LogP contribution in [0.1, 0.15) is 19.3 Å². The van der Waals surface area contributed by atoms with Crippen molar-refractivity contribution in [2.75, 3.05) is 20.6 Å². The van der Waals surface area contributed by atoms with Gasteiger partial charge in [-0.15, -0.1) is 0 Å². The van der Waals surface area contributed by atoms with E-state index in [-0.39, 0.29) is 0 Å². The van der Waals surface area contributed by atoms with Crippen LogP contribution in [0.3, 0.4) is 0 Å². The second-order valence-electron chi connectivity index (χ2n) is 3.44. The van der Waals surface area contributed by atoms with Crippen LogP contribution in [0.2, 0.25) is 0 Å². The number of hydrogen-bond acceptors (Lipinski definition) is 3. The van der Waals surface area contributed by atoms with Crippen molar-refractivity contribution in [2.45, 2.75) is 19.3 Å². The van der Waals surface area contributed by atoms with E-state index in [0.717, 1.165) is 18.7 Å². The zero-order chi connectivity index (χ0) is 8.27. The normalized spacial score (nSPS) is 28.6. The molecule has 0 aliphatic heterocycles. The molecule has 3 nitrogen and oxygen atoms in total. The highest BCUT2D eigenvalue weighted by molar-refractivity contribution is 5.88. The zero-order valence-electron chi connectivity index (χ0n) is 7.25. The number of hydrogen-bond donors (Lipinski definition) is 1. The van der Waals surface area contributed by atoms with Gasteiger partial charge in [-0.3, -0.25) is 0 Å². The molecule has 0 amide bonds. The Kier molecular flexibility index (Phi) is 2.88. The summed E-state index contributed by atoms with van der Waals surface area (Å²) < 4.78 is 0. The first-order valence-corrected chi connectivity index (χ1v) is 4.09. The lowest BCUT2D eigenvalue weighted by molar-refractivity contribution is 0.309. The molecule has 3 heteroatoms. The Labute approximate surface area is 67.7 Å². The lowest BCUT2D eigenvalue weighted by atomic mass is 10.1. The summed E-state index contributed by atoms with van der Waals surface area (Å²) in [6.45, 7) is 1.01. The van der Waals surface area contributed by atoms with Crippen LogP contribution in [0.15, 0.2) is 5.16 Å². The molecular weight excluding hydrogens is 140 g/mol. The molecule has 1 unspecified atom stereocenters. The van der Waals surface area contributed by atoms with E-state index in [4.69, 9.17) is 5.21 Å². The first-order chi connectivity index (χ1) is 5.24. The van der Waals surface area contributed by atoms with E-state index in [1.807, 2.05) is 14.1 Å². The minimum Gasteiger partial charge on any atom is -0.411 e. The Morgan fingerprint density at radius 1 is 1.64 bits per heavy atom. The SMILES string of the molecule is CN(C)CC1CCCC1=NO. The predicted octanol–water partition coefficient (Wildman–Crippen LogP) is 1.18. The van der Waals surface area contributed by atoms with Gasteiger partial charge in [-0.25, -0.2) is 0 Å². The molecule has 0 radical (unpaired) electrons. The van der Waals surface area contributed by atoms with Crippen molar-refractivity contribution in [1.82, 2.24) is 4.90 Å². The first-order valence-electron chi connectivity index (χ1n) is 4.09. The summed E-state index contributed by atoms with van der Waals surface area (Å²) in [5, 5.41) is 11.9. The van der Waals surface area contributed by atoms with Gasteiger partial charge in [0, 0.05) is 12.5 Å². The third-order valence-corrected chi connectivity index (χ3v) is 2.17. The second-order valence-corrected chi connectivity index (χ2v) is 3.44. The summed E-state index contributed by atoms with van der Waals surface area (Å²) in [6.07, 6.45) is 3.34. The number of nitrogens with zero attached hydrogens (tertiary/aromatic N) is 2. The van der Waals surface area contributed by atoms with Crippen molar-refractivity contribution in [2.24, 2.45) is 11.1 Å². The van der Waals surface area contributed by atoms with Gasteiger partial charge in [0.05, 0.1) is 5.71 Å². The maximum Gasteiger partial charge on any atom is 0.0614 e. The van der Waals surface area contributed by atoms with Crippen molar-refractivity contribution < 1.29 is 5.21 Å². The molecule has 64 valence electrons. The van der Waals surface area contributed by atoms with E-state index in [1.54, 1.807) is 0 Å². The van der Waals surface area contributed by atoms with E-state index in [0.29, 0.717) is 5.92 Å². The van der Waals surface area contributed by atoms with Crippen molar-refractivity contribution >= 4 is 5.71 Å². The maximum atomic E-state index is 8.62. The fourth-order valence-corrected chi connectivity index (χ4v) is 1.67. The van der Waals surface area contributed by atoms with Gasteiger partial charge in [-0.05, 0) is 33.4 Å². The largest absolute Gasteiger partial charge is 0.411 e. The molecule has 0 aromatic heterocycles. The lowest BCUT2D eigenvalue weighted by Crippen LogP contribution is -2.24. The Morgan fingerprint density at radius 2 is 2.36 bits per heavy atom. The second kappa shape index (κ2) is 3.72. The average molecular weight is 156 g/mol. The van der Waals surface area contributed by atoms with Crippen molar-refractivity contribution in [3.05, 3.63) is 0 Å². The molecule has 1 N–H and O–H groups in total. The zero-order valence-corrected chi connectivity index (χ0v) is 7.25. The Hall–Kier alpha value is -0.570. The standard InChI is InChI=1S/C8H16N2O/c1-10(2)6-7-4-3-5-8(7)9-11/h7,11H,3-6H2,1-2H3. The molecule has 0 aromatic rings. The van der Waals surface area contributed by atoms with Crippen LogP contribution < -0.4 is 0 Å². The van der Waals surface area contributed by atoms with Gasteiger partial charge >= 0.3 is 0 Å². The summed E-state index contributed by atoms with van der Waals surface area (Å²) in [6, 6.07) is 0. The predicted molar refractivity (Wildman–Crippen MR) is 45.1 cm³/mol. The Bertz CT molecular complexity index is 154. The van der Waals surface area contributed by atoms with Crippen LogP contribution in [-0.4, -0.2) is 36.5 Å². The monoisotopic (exact) mass is 156 g/mol. The van der Waals surface area contributed by atoms with Crippen molar-refractivity contribution in [3.63, 3.8) is 0 Å². The Morgan fingerprint density at radius 3 is 2.91 bits per heavy atom. The van der Waals surface area contributed by atoms with Gasteiger partial charge in [0.15, 0.2) is 0 Å². The molecule has 0 aromatic carbocycles. The highest BCUT2D eigenvalue weighted by atomic mass is 16.4. The molecule has 1 rings (SSSR count). The average Bonchev–Trinajstić information content (AvgIpc) is 2.34. The molecule has 11 heavy (non-hydrogen) atoms. The van der Waals surface area contributed by atoms with Gasteiger partial charge in [0.1, 0.15) is 0 Å². The molecule has 1 saturated carbocycles. The first kappa shape index (κ1) is 8.53. The smallest absolute Gasteiger partial charge is 0.0614 e. The molecule has 1 atom stereocenters. The fraction of sp³-hybridized carbons (Fsp3) is 0.875. The van der Waals surface area contributed by atoms with Gasteiger partial charge in [0.2, 0.25) is 0 Å². The third kappa shape index (κ3) is 2.19. The lowest BCUT2D eigenvalue weighted by Gasteiger charge is -2.15. The fourth-order valence-electron chi connectivity index (χ4n) is 1.67. The minimum absolute atomic E-state index is 0.495. The van der Waals surface area contributed by atoms with E-state index in [2.05, 4.69) is 10.1 Å². The molecular formula is C8H16N2O. The summed E-state index contributed by atoms with van der Waals surface area (Å²) >= 11 is 0. The molecule has 0 bridgehead atoms. The molecule has 1 fully saturated rings. The molecule has 1 aliphatic carbocycles. The Balaban J connectivity index is 2.44. The highest BCUT2D eigenvalue weighted by Gasteiger charge is 2.23. The topological polar surface area (TPSA) is 35.8 Å². The van der Waals surface area contributed by atoms with Crippen LogP contribution >= 0.6 is 0 Å². The van der Waals surface area contributed by atoms with Gasteiger partial charge in [-0.1, -0.05) is 5.16 Å². The van der Waals surface area contributed by atoms with E-state index < -0.39 is 0 Å². The summed E-state index contributed by atoms with van der Waals surface area (Å²) in [5.74, 6) is 0.495. The van der Waals surface area contributed by atoms with Gasteiger partial charge < -0.3 is 10.1 Å². The summed E-state index contributed by atoms with van der Waals surface area (Å²) in [4.78, 5) is 2.14. The van der Waals surface area contributed by atoms with Crippen LogP contribution in [0.5, 0.6) is 0 Å². The van der Waals surface area contributed by atoms with E-state index in [9.17, 15) is 0 Å². The van der Waals surface area contributed by atoms with Crippen LogP contribution in [0.25, 0.3) is 0 Å².